The Balaban J connectivity index is 1.63. The summed E-state index contributed by atoms with van der Waals surface area (Å²) in [6.45, 7) is 3.57. The summed E-state index contributed by atoms with van der Waals surface area (Å²) >= 11 is 0. The number of aromatic nitrogens is 2. The minimum atomic E-state index is -0.682. The standard InChI is InChI=1S/C23H20N4O4/c1-13(2)27-23(31)17-10-6-5-9-16(17)20(26-27)22(30)25-24-21(29)18-11-14-7-3-4-8-15(14)12-19(18)28/h3-13,28H,1-2H3,(H,24,29)(H,25,30). The molecule has 0 bridgehead atoms. The molecule has 156 valence electrons. The Labute approximate surface area is 177 Å². The summed E-state index contributed by atoms with van der Waals surface area (Å²) < 4.78 is 1.23. The van der Waals surface area contributed by atoms with Crippen molar-refractivity contribution in [2.24, 2.45) is 0 Å². The van der Waals surface area contributed by atoms with Gasteiger partial charge in [0.05, 0.1) is 17.0 Å². The van der Waals surface area contributed by atoms with Crippen LogP contribution in [-0.4, -0.2) is 26.7 Å². The summed E-state index contributed by atoms with van der Waals surface area (Å²) in [5.74, 6) is -1.57. The molecule has 0 saturated heterocycles. The van der Waals surface area contributed by atoms with Gasteiger partial charge in [-0.25, -0.2) is 4.68 Å². The number of phenols is 1. The van der Waals surface area contributed by atoms with Gasteiger partial charge in [-0.2, -0.15) is 5.10 Å². The maximum atomic E-state index is 12.8. The number of phenolic OH excluding ortho intramolecular Hbond substituents is 1. The minimum Gasteiger partial charge on any atom is -0.507 e. The molecule has 0 fully saturated rings. The first-order valence-corrected chi connectivity index (χ1v) is 9.71. The first-order chi connectivity index (χ1) is 14.9. The zero-order chi connectivity index (χ0) is 22.1. The number of nitrogens with zero attached hydrogens (tertiary/aromatic N) is 2. The summed E-state index contributed by atoms with van der Waals surface area (Å²) in [4.78, 5) is 38.0. The molecule has 0 aliphatic rings. The van der Waals surface area contributed by atoms with Crippen LogP contribution in [0.25, 0.3) is 21.5 Å². The molecule has 0 atom stereocenters. The predicted octanol–water partition coefficient (Wildman–Crippen LogP) is 2.91. The average Bonchev–Trinajstić information content (AvgIpc) is 2.77. The van der Waals surface area contributed by atoms with Crippen LogP contribution in [0.5, 0.6) is 5.75 Å². The lowest BCUT2D eigenvalue weighted by atomic mass is 10.1. The van der Waals surface area contributed by atoms with Crippen LogP contribution in [0, 0.1) is 0 Å². The van der Waals surface area contributed by atoms with Crippen molar-refractivity contribution in [3.05, 3.63) is 82.3 Å². The Morgan fingerprint density at radius 1 is 0.903 bits per heavy atom. The van der Waals surface area contributed by atoms with E-state index in [1.807, 2.05) is 24.3 Å². The Bertz CT molecular complexity index is 1390. The lowest BCUT2D eigenvalue weighted by molar-refractivity contribution is 0.0842. The van der Waals surface area contributed by atoms with Crippen LogP contribution in [0.15, 0.2) is 65.5 Å². The topological polar surface area (TPSA) is 113 Å². The minimum absolute atomic E-state index is 0.00642. The van der Waals surface area contributed by atoms with Gasteiger partial charge in [-0.1, -0.05) is 42.5 Å². The zero-order valence-electron chi connectivity index (χ0n) is 16.9. The molecule has 4 aromatic rings. The highest BCUT2D eigenvalue weighted by Gasteiger charge is 2.19. The normalized spacial score (nSPS) is 11.1. The molecular weight excluding hydrogens is 396 g/mol. The summed E-state index contributed by atoms with van der Waals surface area (Å²) in [7, 11) is 0. The fourth-order valence-electron chi connectivity index (χ4n) is 3.37. The highest BCUT2D eigenvalue weighted by molar-refractivity contribution is 6.07. The Kier molecular flexibility index (Phi) is 5.12. The Morgan fingerprint density at radius 3 is 2.16 bits per heavy atom. The molecule has 3 N–H and O–H groups in total. The van der Waals surface area contributed by atoms with E-state index in [4.69, 9.17) is 0 Å². The third-order valence-electron chi connectivity index (χ3n) is 4.93. The average molecular weight is 416 g/mol. The van der Waals surface area contributed by atoms with Crippen LogP contribution in [0.3, 0.4) is 0 Å². The molecule has 0 aliphatic heterocycles. The molecule has 0 unspecified atom stereocenters. The van der Waals surface area contributed by atoms with Crippen LogP contribution < -0.4 is 16.4 Å². The van der Waals surface area contributed by atoms with Gasteiger partial charge in [0.15, 0.2) is 5.69 Å². The number of fused-ring (bicyclic) bond motifs is 2. The van der Waals surface area contributed by atoms with Gasteiger partial charge in [-0.05, 0) is 42.8 Å². The van der Waals surface area contributed by atoms with E-state index in [2.05, 4.69) is 16.0 Å². The monoisotopic (exact) mass is 416 g/mol. The number of rotatable bonds is 3. The first kappa shape index (κ1) is 20.1. The largest absolute Gasteiger partial charge is 0.507 e. The molecular formula is C23H20N4O4. The molecule has 8 nitrogen and oxygen atoms in total. The van der Waals surface area contributed by atoms with Crippen molar-refractivity contribution >= 4 is 33.4 Å². The summed E-state index contributed by atoms with van der Waals surface area (Å²) in [5, 5.41) is 16.7. The summed E-state index contributed by atoms with van der Waals surface area (Å²) in [6.07, 6.45) is 0. The molecule has 0 saturated carbocycles. The lowest BCUT2D eigenvalue weighted by Gasteiger charge is -2.14. The zero-order valence-corrected chi connectivity index (χ0v) is 16.9. The van der Waals surface area contributed by atoms with E-state index in [9.17, 15) is 19.5 Å². The first-order valence-electron chi connectivity index (χ1n) is 9.71. The molecule has 0 radical (unpaired) electrons. The highest BCUT2D eigenvalue weighted by Crippen LogP contribution is 2.24. The quantitative estimate of drug-likeness (QED) is 0.445. The van der Waals surface area contributed by atoms with Crippen molar-refractivity contribution in [2.45, 2.75) is 19.9 Å². The number of carbonyl (C=O) groups excluding carboxylic acids is 2. The SMILES string of the molecule is CC(C)n1nc(C(=O)NNC(=O)c2cc3ccccc3cc2O)c2ccccc2c1=O. The van der Waals surface area contributed by atoms with E-state index in [0.717, 1.165) is 10.8 Å². The van der Waals surface area contributed by atoms with E-state index >= 15 is 0 Å². The number of aromatic hydroxyl groups is 1. The van der Waals surface area contributed by atoms with E-state index < -0.39 is 11.8 Å². The second-order valence-corrected chi connectivity index (χ2v) is 7.36. The van der Waals surface area contributed by atoms with E-state index in [0.29, 0.717) is 10.8 Å². The van der Waals surface area contributed by atoms with Gasteiger partial charge in [0.25, 0.3) is 17.4 Å². The number of hydrogen-bond acceptors (Lipinski definition) is 5. The molecule has 2 amide bonds. The molecule has 1 aromatic heterocycles. The van der Waals surface area contributed by atoms with Crippen molar-refractivity contribution in [3.63, 3.8) is 0 Å². The molecule has 0 aliphatic carbocycles. The Morgan fingerprint density at radius 2 is 1.48 bits per heavy atom. The van der Waals surface area contributed by atoms with Crippen LogP contribution in [-0.2, 0) is 0 Å². The fourth-order valence-corrected chi connectivity index (χ4v) is 3.37. The van der Waals surface area contributed by atoms with Gasteiger partial charge < -0.3 is 5.11 Å². The second-order valence-electron chi connectivity index (χ2n) is 7.36. The second kappa shape index (κ2) is 7.91. The molecule has 1 heterocycles. The maximum Gasteiger partial charge on any atom is 0.290 e. The molecule has 0 spiro atoms. The van der Waals surface area contributed by atoms with E-state index in [-0.39, 0.29) is 28.6 Å². The smallest absolute Gasteiger partial charge is 0.290 e. The van der Waals surface area contributed by atoms with Crippen molar-refractivity contribution in [2.75, 3.05) is 0 Å². The van der Waals surface area contributed by atoms with Crippen molar-refractivity contribution in [1.82, 2.24) is 20.6 Å². The van der Waals surface area contributed by atoms with Gasteiger partial charge >= 0.3 is 0 Å². The molecule has 31 heavy (non-hydrogen) atoms. The lowest BCUT2D eigenvalue weighted by Crippen LogP contribution is -2.43. The number of carbonyl (C=O) groups is 2. The van der Waals surface area contributed by atoms with Crippen molar-refractivity contribution in [3.8, 4) is 5.75 Å². The summed E-state index contributed by atoms with van der Waals surface area (Å²) in [6, 6.07) is 16.7. The van der Waals surface area contributed by atoms with Gasteiger partial charge in [-0.15, -0.1) is 0 Å². The third kappa shape index (κ3) is 3.71. The number of hydrazine groups is 1. The van der Waals surface area contributed by atoms with Crippen LogP contribution in [0.4, 0.5) is 0 Å². The molecule has 8 heteroatoms. The maximum absolute atomic E-state index is 12.8. The van der Waals surface area contributed by atoms with Gasteiger partial charge in [0.2, 0.25) is 0 Å². The number of amides is 2. The highest BCUT2D eigenvalue weighted by atomic mass is 16.3. The van der Waals surface area contributed by atoms with Gasteiger partial charge in [0, 0.05) is 5.39 Å². The Hall–Kier alpha value is -4.20. The number of nitrogens with one attached hydrogen (secondary N) is 2. The predicted molar refractivity (Wildman–Crippen MR) is 117 cm³/mol. The number of benzene rings is 3. The fraction of sp³-hybridized carbons (Fsp3) is 0.130. The molecule has 4 rings (SSSR count). The number of hydrogen-bond donors (Lipinski definition) is 3. The van der Waals surface area contributed by atoms with Crippen LogP contribution in [0.2, 0.25) is 0 Å². The van der Waals surface area contributed by atoms with Gasteiger partial charge in [-0.3, -0.25) is 25.2 Å². The van der Waals surface area contributed by atoms with Crippen molar-refractivity contribution < 1.29 is 14.7 Å². The summed E-state index contributed by atoms with van der Waals surface area (Å²) in [5.41, 5.74) is 4.35. The third-order valence-corrected chi connectivity index (χ3v) is 4.93. The van der Waals surface area contributed by atoms with E-state index in [1.165, 1.54) is 10.7 Å². The van der Waals surface area contributed by atoms with Crippen LogP contribution >= 0.6 is 0 Å². The van der Waals surface area contributed by atoms with Gasteiger partial charge in [0.1, 0.15) is 5.75 Å². The van der Waals surface area contributed by atoms with Crippen LogP contribution in [0.1, 0.15) is 40.7 Å². The van der Waals surface area contributed by atoms with E-state index in [1.54, 1.807) is 44.2 Å². The molecule has 3 aromatic carbocycles. The van der Waals surface area contributed by atoms with Crippen molar-refractivity contribution in [1.29, 1.82) is 0 Å².